The van der Waals surface area contributed by atoms with Crippen molar-refractivity contribution in [1.29, 1.82) is 0 Å². The predicted octanol–water partition coefficient (Wildman–Crippen LogP) is 3.47. The second-order valence-corrected chi connectivity index (χ2v) is 4.96. The smallest absolute Gasteiger partial charge is 0.292 e. The molecule has 0 spiro atoms. The first-order valence-corrected chi connectivity index (χ1v) is 6.09. The molecule has 0 heterocycles. The van der Waals surface area contributed by atoms with Crippen molar-refractivity contribution in [2.24, 2.45) is 0 Å². The van der Waals surface area contributed by atoms with Gasteiger partial charge in [-0.2, -0.15) is 4.89 Å². The molecular formula is C12H15BrO3. The van der Waals surface area contributed by atoms with E-state index < -0.39 is 11.6 Å². The van der Waals surface area contributed by atoms with Crippen LogP contribution in [0.1, 0.15) is 36.7 Å². The van der Waals surface area contributed by atoms with E-state index in [0.717, 1.165) is 10.9 Å². The minimum Gasteiger partial charge on any atom is -0.292 e. The molecule has 0 saturated heterocycles. The number of alkyl halides is 1. The number of carbonyl (C=O) groups excluding carboxylic acids is 1. The Balaban J connectivity index is 2.59. The van der Waals surface area contributed by atoms with Gasteiger partial charge in [0.15, 0.2) is 0 Å². The molecule has 0 bridgehead atoms. The lowest BCUT2D eigenvalue weighted by molar-refractivity contribution is -0.301. The Labute approximate surface area is 104 Å². The molecule has 1 aromatic carbocycles. The topological polar surface area (TPSA) is 35.5 Å². The normalized spacial score (nSPS) is 11.2. The maximum atomic E-state index is 11.5. The van der Waals surface area contributed by atoms with E-state index in [0.29, 0.717) is 5.56 Å². The molecule has 4 heteroatoms. The fraction of sp³-hybridized carbons (Fsp3) is 0.417. The van der Waals surface area contributed by atoms with Crippen molar-refractivity contribution < 1.29 is 14.6 Å². The van der Waals surface area contributed by atoms with Gasteiger partial charge in [-0.15, -0.1) is 0 Å². The van der Waals surface area contributed by atoms with Crippen molar-refractivity contribution in [2.45, 2.75) is 31.7 Å². The average Bonchev–Trinajstić information content (AvgIpc) is 2.25. The van der Waals surface area contributed by atoms with E-state index in [1.54, 1.807) is 12.1 Å². The van der Waals surface area contributed by atoms with Crippen LogP contribution in [-0.2, 0) is 15.1 Å². The van der Waals surface area contributed by atoms with Gasteiger partial charge < -0.3 is 0 Å². The molecule has 0 amide bonds. The van der Waals surface area contributed by atoms with Gasteiger partial charge in [-0.3, -0.25) is 4.89 Å². The summed E-state index contributed by atoms with van der Waals surface area (Å²) in [4.78, 5) is 21.2. The van der Waals surface area contributed by atoms with E-state index >= 15 is 0 Å². The van der Waals surface area contributed by atoms with Crippen LogP contribution in [0.2, 0.25) is 0 Å². The van der Waals surface area contributed by atoms with Crippen molar-refractivity contribution in [3.05, 3.63) is 35.4 Å². The summed E-state index contributed by atoms with van der Waals surface area (Å²) in [5.41, 5.74) is 1.09. The minimum absolute atomic E-state index is 0.476. The van der Waals surface area contributed by atoms with Crippen LogP contribution in [0, 0.1) is 0 Å². The standard InChI is InChI=1S/C12H15BrO3/c1-12(2,3)16-15-11(14)10-6-4-9(8-13)5-7-10/h4-7H,8H2,1-3H3. The highest BCUT2D eigenvalue weighted by molar-refractivity contribution is 9.08. The second-order valence-electron chi connectivity index (χ2n) is 4.40. The monoisotopic (exact) mass is 286 g/mol. The predicted molar refractivity (Wildman–Crippen MR) is 65.3 cm³/mol. The molecule has 88 valence electrons. The van der Waals surface area contributed by atoms with E-state index in [1.165, 1.54) is 0 Å². The summed E-state index contributed by atoms with van der Waals surface area (Å²) in [6.07, 6.45) is 0. The summed E-state index contributed by atoms with van der Waals surface area (Å²) in [5, 5.41) is 0.765. The van der Waals surface area contributed by atoms with Crippen LogP contribution in [0.4, 0.5) is 0 Å². The number of rotatable bonds is 3. The number of carbonyl (C=O) groups is 1. The zero-order valence-corrected chi connectivity index (χ0v) is 11.2. The van der Waals surface area contributed by atoms with Crippen molar-refractivity contribution in [3.8, 4) is 0 Å². The number of halogens is 1. The van der Waals surface area contributed by atoms with Gasteiger partial charge in [0.25, 0.3) is 0 Å². The number of hydrogen-bond acceptors (Lipinski definition) is 3. The molecule has 1 rings (SSSR count). The van der Waals surface area contributed by atoms with Crippen LogP contribution in [0.3, 0.4) is 0 Å². The quantitative estimate of drug-likeness (QED) is 0.485. The maximum Gasteiger partial charge on any atom is 0.373 e. The van der Waals surface area contributed by atoms with E-state index in [4.69, 9.17) is 9.78 Å². The molecule has 0 radical (unpaired) electrons. The molecule has 0 aromatic heterocycles. The summed E-state index contributed by atoms with van der Waals surface area (Å²) in [6.45, 7) is 5.44. The number of benzene rings is 1. The van der Waals surface area contributed by atoms with E-state index in [9.17, 15) is 4.79 Å². The Morgan fingerprint density at radius 3 is 2.25 bits per heavy atom. The van der Waals surface area contributed by atoms with Gasteiger partial charge in [-0.1, -0.05) is 28.1 Å². The lowest BCUT2D eigenvalue weighted by Gasteiger charge is -2.16. The third-order valence-electron chi connectivity index (χ3n) is 1.71. The largest absolute Gasteiger partial charge is 0.373 e. The molecule has 0 aliphatic rings. The summed E-state index contributed by atoms with van der Waals surface area (Å²) < 4.78 is 0. The summed E-state index contributed by atoms with van der Waals surface area (Å²) in [5.74, 6) is -0.476. The van der Waals surface area contributed by atoms with Gasteiger partial charge in [0.1, 0.15) is 5.60 Å². The van der Waals surface area contributed by atoms with Gasteiger partial charge in [0, 0.05) is 5.33 Å². The van der Waals surface area contributed by atoms with Gasteiger partial charge in [-0.25, -0.2) is 4.79 Å². The highest BCUT2D eigenvalue weighted by atomic mass is 79.9. The number of hydrogen-bond donors (Lipinski definition) is 0. The maximum absolute atomic E-state index is 11.5. The zero-order chi connectivity index (χ0) is 12.2. The van der Waals surface area contributed by atoms with Crippen LogP contribution in [-0.4, -0.2) is 11.6 Å². The first kappa shape index (κ1) is 13.2. The Bertz CT molecular complexity index is 352. The molecule has 0 N–H and O–H groups in total. The zero-order valence-electron chi connectivity index (χ0n) is 9.62. The second kappa shape index (κ2) is 5.46. The SMILES string of the molecule is CC(C)(C)OOC(=O)c1ccc(CBr)cc1. The lowest BCUT2D eigenvalue weighted by atomic mass is 10.1. The fourth-order valence-corrected chi connectivity index (χ4v) is 1.31. The van der Waals surface area contributed by atoms with E-state index in [2.05, 4.69) is 15.9 Å². The summed E-state index contributed by atoms with van der Waals surface area (Å²) in [7, 11) is 0. The molecule has 3 nitrogen and oxygen atoms in total. The third-order valence-corrected chi connectivity index (χ3v) is 2.36. The van der Waals surface area contributed by atoms with Crippen LogP contribution >= 0.6 is 15.9 Å². The van der Waals surface area contributed by atoms with Crippen molar-refractivity contribution in [1.82, 2.24) is 0 Å². The molecule has 0 saturated carbocycles. The highest BCUT2D eigenvalue weighted by Gasteiger charge is 2.16. The molecule has 16 heavy (non-hydrogen) atoms. The van der Waals surface area contributed by atoms with Crippen LogP contribution in [0.5, 0.6) is 0 Å². The van der Waals surface area contributed by atoms with Crippen molar-refractivity contribution in [2.75, 3.05) is 0 Å². The van der Waals surface area contributed by atoms with Gasteiger partial charge in [-0.05, 0) is 38.5 Å². The Hall–Kier alpha value is -0.870. The first-order valence-electron chi connectivity index (χ1n) is 4.97. The third kappa shape index (κ3) is 4.33. The van der Waals surface area contributed by atoms with E-state index in [-0.39, 0.29) is 0 Å². The van der Waals surface area contributed by atoms with Crippen molar-refractivity contribution >= 4 is 21.9 Å². The summed E-state index contributed by atoms with van der Waals surface area (Å²) >= 11 is 3.34. The molecule has 0 fully saturated rings. The van der Waals surface area contributed by atoms with Gasteiger partial charge in [0.2, 0.25) is 0 Å². The Morgan fingerprint density at radius 2 is 1.81 bits per heavy atom. The van der Waals surface area contributed by atoms with E-state index in [1.807, 2.05) is 32.9 Å². The highest BCUT2D eigenvalue weighted by Crippen LogP contribution is 2.12. The molecule has 0 unspecified atom stereocenters. The first-order chi connectivity index (χ1) is 7.42. The Morgan fingerprint density at radius 1 is 1.25 bits per heavy atom. The van der Waals surface area contributed by atoms with Crippen LogP contribution < -0.4 is 0 Å². The van der Waals surface area contributed by atoms with Gasteiger partial charge in [0.05, 0.1) is 5.56 Å². The van der Waals surface area contributed by atoms with Gasteiger partial charge >= 0.3 is 5.97 Å². The molecule has 0 aliphatic heterocycles. The Kier molecular flexibility index (Phi) is 4.50. The van der Waals surface area contributed by atoms with Crippen LogP contribution in [0.15, 0.2) is 24.3 Å². The minimum atomic E-state index is -0.495. The van der Waals surface area contributed by atoms with Crippen molar-refractivity contribution in [3.63, 3.8) is 0 Å². The summed E-state index contributed by atoms with van der Waals surface area (Å²) in [6, 6.07) is 7.15. The lowest BCUT2D eigenvalue weighted by Crippen LogP contribution is -2.21. The fourth-order valence-electron chi connectivity index (χ4n) is 0.941. The molecule has 1 aromatic rings. The average molecular weight is 287 g/mol. The molecule has 0 aliphatic carbocycles. The molecular weight excluding hydrogens is 272 g/mol. The van der Waals surface area contributed by atoms with Crippen LogP contribution in [0.25, 0.3) is 0 Å². The molecule has 0 atom stereocenters.